The van der Waals surface area contributed by atoms with E-state index in [1.807, 2.05) is 66.5 Å². The monoisotopic (exact) mass is 430 g/mol. The van der Waals surface area contributed by atoms with Crippen LogP contribution >= 0.6 is 11.8 Å². The van der Waals surface area contributed by atoms with E-state index < -0.39 is 0 Å². The fraction of sp³-hybridized carbons (Fsp3) is 0.231. The Labute approximate surface area is 187 Å². The Morgan fingerprint density at radius 3 is 2.32 bits per heavy atom. The molecule has 5 heteroatoms. The van der Waals surface area contributed by atoms with Crippen molar-refractivity contribution in [3.05, 3.63) is 107 Å². The van der Waals surface area contributed by atoms with Crippen molar-refractivity contribution in [1.82, 2.24) is 9.80 Å². The maximum atomic E-state index is 12.9. The molecule has 4 rings (SSSR count). The number of benzene rings is 3. The van der Waals surface area contributed by atoms with Crippen LogP contribution in [0.25, 0.3) is 0 Å². The molecule has 2 amide bonds. The zero-order chi connectivity index (χ0) is 21.8. The van der Waals surface area contributed by atoms with Gasteiger partial charge in [-0.3, -0.25) is 9.59 Å². The van der Waals surface area contributed by atoms with Crippen LogP contribution in [0.2, 0.25) is 0 Å². The number of nitrogens with zero attached hydrogens (tertiary/aromatic N) is 2. The minimum absolute atomic E-state index is 0.0107. The molecule has 0 aromatic heterocycles. The lowest BCUT2D eigenvalue weighted by Crippen LogP contribution is -2.28. The number of thioether (sulfide) groups is 1. The van der Waals surface area contributed by atoms with E-state index in [4.69, 9.17) is 0 Å². The first-order valence-corrected chi connectivity index (χ1v) is 11.4. The van der Waals surface area contributed by atoms with Gasteiger partial charge in [0.25, 0.3) is 5.91 Å². The zero-order valence-electron chi connectivity index (χ0n) is 17.8. The minimum atomic E-state index is -0.0258. The van der Waals surface area contributed by atoms with Gasteiger partial charge in [-0.15, -0.1) is 11.8 Å². The molecule has 1 heterocycles. The highest BCUT2D eigenvalue weighted by Crippen LogP contribution is 2.39. The molecular weight excluding hydrogens is 404 g/mol. The lowest BCUT2D eigenvalue weighted by atomic mass is 10.1. The summed E-state index contributed by atoms with van der Waals surface area (Å²) in [6.07, 6.45) is 0. The average Bonchev–Trinajstić information content (AvgIpc) is 3.15. The third kappa shape index (κ3) is 5.00. The largest absolute Gasteiger partial charge is 0.337 e. The number of carbonyl (C=O) groups excluding carboxylic acids is 2. The molecule has 1 aliphatic rings. The lowest BCUT2D eigenvalue weighted by Gasteiger charge is -2.24. The second-order valence-electron chi connectivity index (χ2n) is 7.94. The molecule has 0 saturated carbocycles. The van der Waals surface area contributed by atoms with Crippen LogP contribution < -0.4 is 0 Å². The summed E-state index contributed by atoms with van der Waals surface area (Å²) < 4.78 is 0. The van der Waals surface area contributed by atoms with Crippen LogP contribution in [0.4, 0.5) is 0 Å². The summed E-state index contributed by atoms with van der Waals surface area (Å²) >= 11 is 1.64. The van der Waals surface area contributed by atoms with Crippen molar-refractivity contribution >= 4 is 23.6 Å². The van der Waals surface area contributed by atoms with Crippen LogP contribution in [0.15, 0.2) is 78.9 Å². The van der Waals surface area contributed by atoms with Gasteiger partial charge in [-0.25, -0.2) is 0 Å². The quantitative estimate of drug-likeness (QED) is 0.550. The Balaban J connectivity index is 1.44. The highest BCUT2D eigenvalue weighted by atomic mass is 32.2. The van der Waals surface area contributed by atoms with Crippen molar-refractivity contribution in [3.8, 4) is 0 Å². The maximum Gasteiger partial charge on any atom is 0.253 e. The second-order valence-corrected chi connectivity index (χ2v) is 9.01. The molecule has 0 bridgehead atoms. The van der Waals surface area contributed by atoms with Crippen molar-refractivity contribution in [2.75, 3.05) is 12.8 Å². The van der Waals surface area contributed by atoms with E-state index in [1.54, 1.807) is 16.7 Å². The van der Waals surface area contributed by atoms with Crippen LogP contribution in [0, 0.1) is 6.92 Å². The molecule has 1 fully saturated rings. The third-order valence-corrected chi connectivity index (χ3v) is 6.75. The number of hydrogen-bond acceptors (Lipinski definition) is 3. The highest BCUT2D eigenvalue weighted by molar-refractivity contribution is 8.00. The Morgan fingerprint density at radius 1 is 0.968 bits per heavy atom. The van der Waals surface area contributed by atoms with E-state index in [-0.39, 0.29) is 17.2 Å². The molecule has 0 spiro atoms. The fourth-order valence-electron chi connectivity index (χ4n) is 3.73. The van der Waals surface area contributed by atoms with Gasteiger partial charge < -0.3 is 9.80 Å². The Hall–Kier alpha value is -3.05. The van der Waals surface area contributed by atoms with Gasteiger partial charge in [0, 0.05) is 25.7 Å². The van der Waals surface area contributed by atoms with Gasteiger partial charge >= 0.3 is 0 Å². The van der Waals surface area contributed by atoms with Crippen molar-refractivity contribution in [1.29, 1.82) is 0 Å². The third-order valence-electron chi connectivity index (χ3n) is 5.49. The minimum Gasteiger partial charge on any atom is -0.337 e. The molecule has 1 aliphatic heterocycles. The van der Waals surface area contributed by atoms with Crippen LogP contribution in [-0.4, -0.2) is 34.4 Å². The van der Waals surface area contributed by atoms with E-state index in [0.717, 1.165) is 16.7 Å². The molecule has 0 aliphatic carbocycles. The molecule has 0 N–H and O–H groups in total. The van der Waals surface area contributed by atoms with E-state index in [9.17, 15) is 9.59 Å². The summed E-state index contributed by atoms with van der Waals surface area (Å²) in [7, 11) is 1.82. The SMILES string of the molecule is Cc1ccc(CN(C)C(=O)c2ccc(C3SCC(=O)N3Cc3ccccc3)cc2)cc1. The van der Waals surface area contributed by atoms with Gasteiger partial charge in [-0.1, -0.05) is 72.3 Å². The van der Waals surface area contributed by atoms with E-state index >= 15 is 0 Å². The van der Waals surface area contributed by atoms with Gasteiger partial charge in [0.15, 0.2) is 0 Å². The summed E-state index contributed by atoms with van der Waals surface area (Å²) in [4.78, 5) is 29.0. The Bertz CT molecular complexity index is 1050. The normalized spacial score (nSPS) is 15.9. The van der Waals surface area contributed by atoms with Gasteiger partial charge in [0.1, 0.15) is 5.37 Å². The maximum absolute atomic E-state index is 12.9. The molecular formula is C26H26N2O2S. The Morgan fingerprint density at radius 2 is 1.65 bits per heavy atom. The first kappa shape index (κ1) is 21.2. The second kappa shape index (κ2) is 9.40. The van der Waals surface area contributed by atoms with Gasteiger partial charge in [-0.2, -0.15) is 0 Å². The van der Waals surface area contributed by atoms with Crippen molar-refractivity contribution in [2.45, 2.75) is 25.4 Å². The topological polar surface area (TPSA) is 40.6 Å². The number of rotatable bonds is 6. The molecule has 4 nitrogen and oxygen atoms in total. The van der Waals surface area contributed by atoms with Gasteiger partial charge in [0.05, 0.1) is 5.75 Å². The van der Waals surface area contributed by atoms with Crippen molar-refractivity contribution in [2.24, 2.45) is 0 Å². The summed E-state index contributed by atoms with van der Waals surface area (Å²) in [6, 6.07) is 26.0. The van der Waals surface area contributed by atoms with E-state index in [0.29, 0.717) is 24.4 Å². The first-order valence-electron chi connectivity index (χ1n) is 10.4. The molecule has 3 aromatic rings. The number of hydrogen-bond donors (Lipinski definition) is 0. The lowest BCUT2D eigenvalue weighted by molar-refractivity contribution is -0.128. The fourth-order valence-corrected chi connectivity index (χ4v) is 4.92. The summed E-state index contributed by atoms with van der Waals surface area (Å²) in [5.41, 5.74) is 5.13. The number of amides is 2. The van der Waals surface area contributed by atoms with E-state index in [2.05, 4.69) is 31.2 Å². The summed E-state index contributed by atoms with van der Waals surface area (Å²) in [5, 5.41) is -0.0258. The zero-order valence-corrected chi connectivity index (χ0v) is 18.6. The predicted molar refractivity (Wildman–Crippen MR) is 126 cm³/mol. The smallest absolute Gasteiger partial charge is 0.253 e. The van der Waals surface area contributed by atoms with Crippen molar-refractivity contribution < 1.29 is 9.59 Å². The number of aryl methyl sites for hydroxylation is 1. The highest BCUT2D eigenvalue weighted by Gasteiger charge is 2.32. The standard InChI is InChI=1S/C26H26N2O2S/c1-19-8-10-21(11-9-19)16-27(2)25(30)22-12-14-23(15-13-22)26-28(24(29)18-31-26)17-20-6-4-3-5-7-20/h3-15,26H,16-18H2,1-2H3. The average molecular weight is 431 g/mol. The molecule has 31 heavy (non-hydrogen) atoms. The Kier molecular flexibility index (Phi) is 6.42. The number of carbonyl (C=O) groups is 2. The first-order chi connectivity index (χ1) is 15.0. The van der Waals surface area contributed by atoms with Gasteiger partial charge in [0.2, 0.25) is 5.91 Å². The molecule has 1 saturated heterocycles. The molecule has 0 radical (unpaired) electrons. The van der Waals surface area contributed by atoms with E-state index in [1.165, 1.54) is 5.56 Å². The summed E-state index contributed by atoms with van der Waals surface area (Å²) in [5.74, 6) is 0.623. The van der Waals surface area contributed by atoms with Gasteiger partial charge in [-0.05, 0) is 35.7 Å². The molecule has 1 unspecified atom stereocenters. The van der Waals surface area contributed by atoms with Crippen LogP contribution in [-0.2, 0) is 17.9 Å². The molecule has 158 valence electrons. The summed E-state index contributed by atoms with van der Waals surface area (Å²) in [6.45, 7) is 3.22. The van der Waals surface area contributed by atoms with Crippen LogP contribution in [0.3, 0.4) is 0 Å². The van der Waals surface area contributed by atoms with Crippen LogP contribution in [0.5, 0.6) is 0 Å². The van der Waals surface area contributed by atoms with Crippen LogP contribution in [0.1, 0.15) is 38.0 Å². The molecule has 1 atom stereocenters. The predicted octanol–water partition coefficient (Wildman–Crippen LogP) is 5.04. The molecule has 3 aromatic carbocycles. The van der Waals surface area contributed by atoms with Crippen molar-refractivity contribution in [3.63, 3.8) is 0 Å².